The number of aromatic nitrogens is 1. The second-order valence-electron chi connectivity index (χ2n) is 10.0. The van der Waals surface area contributed by atoms with Crippen LogP contribution in [0.15, 0.2) is 54.0 Å². The Bertz CT molecular complexity index is 1510. The lowest BCUT2D eigenvalue weighted by Crippen LogP contribution is -2.54. The van der Waals surface area contributed by atoms with Crippen LogP contribution in [0.2, 0.25) is 0 Å². The molecule has 204 valence electrons. The van der Waals surface area contributed by atoms with Crippen molar-refractivity contribution in [3.05, 3.63) is 76.3 Å². The Balaban J connectivity index is 1.13. The molecule has 3 aromatic rings. The highest BCUT2D eigenvalue weighted by Gasteiger charge is 2.48. The minimum Gasteiger partial charge on any atom is -0.497 e. The Morgan fingerprint density at radius 2 is 1.88 bits per heavy atom. The maximum absolute atomic E-state index is 13.1. The van der Waals surface area contributed by atoms with Crippen LogP contribution < -0.4 is 20.3 Å². The normalized spacial score (nSPS) is 20.6. The van der Waals surface area contributed by atoms with Gasteiger partial charge in [0, 0.05) is 62.0 Å². The van der Waals surface area contributed by atoms with Crippen LogP contribution >= 0.6 is 11.3 Å². The molecule has 0 spiro atoms. The van der Waals surface area contributed by atoms with Crippen molar-refractivity contribution >= 4 is 34.3 Å². The highest BCUT2D eigenvalue weighted by molar-refractivity contribution is 7.13. The van der Waals surface area contributed by atoms with E-state index in [1.165, 1.54) is 10.5 Å². The largest absolute Gasteiger partial charge is 0.497 e. The number of urea groups is 1. The molecule has 3 aliphatic heterocycles. The monoisotopic (exact) mass is 556 g/mol. The fraction of sp³-hybridized carbons (Fsp3) is 0.310. The molecule has 1 unspecified atom stereocenters. The Kier molecular flexibility index (Phi) is 6.88. The highest BCUT2D eigenvalue weighted by Crippen LogP contribution is 2.28. The van der Waals surface area contributed by atoms with Crippen molar-refractivity contribution < 1.29 is 19.1 Å². The maximum Gasteiger partial charge on any atom is 0.323 e. The van der Waals surface area contributed by atoms with E-state index in [1.54, 1.807) is 30.6 Å². The molecule has 3 aliphatic rings. The van der Waals surface area contributed by atoms with Crippen molar-refractivity contribution in [3.8, 4) is 17.6 Å². The molecular formula is C29H28N6O4S. The number of fused-ring (bicyclic) bond motifs is 1. The van der Waals surface area contributed by atoms with Gasteiger partial charge in [-0.25, -0.2) is 9.78 Å². The average Bonchev–Trinajstić information content (AvgIpc) is 3.68. The van der Waals surface area contributed by atoms with Crippen molar-refractivity contribution in [3.63, 3.8) is 0 Å². The molecule has 1 aromatic heterocycles. The number of benzene rings is 2. The molecule has 0 radical (unpaired) electrons. The first-order valence-corrected chi connectivity index (χ1v) is 13.9. The van der Waals surface area contributed by atoms with E-state index < -0.39 is 17.5 Å². The smallest absolute Gasteiger partial charge is 0.323 e. The molecule has 0 aliphatic carbocycles. The molecular weight excluding hydrogens is 528 g/mol. The number of methoxy groups -OCH3 is 1. The van der Waals surface area contributed by atoms with Crippen molar-refractivity contribution in [1.82, 2.24) is 25.4 Å². The SMILES string of the molecule is COc1ccc2c(c1)C(=O)N(CC1(C#Cc3ccc(CN4CCN(c5nccs5)CC4)cc3)NC(=O)NC1=O)C2. The standard InChI is InChI=1S/C29H28N6O4S/c1-39-23-7-6-22-18-35(25(36)24(22)16-23)19-29(26(37)31-27(38)32-29)9-8-20-2-4-21(5-3-20)17-33-11-13-34(14-12-33)28-30-10-15-40-28/h2-7,10,15-16H,11-14,17-19H2,1H3,(H2,31,32,37,38). The summed E-state index contributed by atoms with van der Waals surface area (Å²) < 4.78 is 5.24. The number of hydrogen-bond donors (Lipinski definition) is 2. The van der Waals surface area contributed by atoms with Crippen LogP contribution in [0.25, 0.3) is 0 Å². The van der Waals surface area contributed by atoms with Gasteiger partial charge >= 0.3 is 6.03 Å². The van der Waals surface area contributed by atoms with Crippen LogP contribution in [0.5, 0.6) is 5.75 Å². The van der Waals surface area contributed by atoms with Gasteiger partial charge in [-0.3, -0.25) is 19.8 Å². The van der Waals surface area contributed by atoms with Gasteiger partial charge in [0.2, 0.25) is 5.54 Å². The first-order valence-electron chi connectivity index (χ1n) is 13.0. The molecule has 1 atom stereocenters. The number of amides is 4. The molecule has 2 N–H and O–H groups in total. The number of hydrogen-bond acceptors (Lipinski definition) is 8. The fourth-order valence-corrected chi connectivity index (χ4v) is 5.91. The van der Waals surface area contributed by atoms with Crippen LogP contribution in [-0.2, 0) is 17.9 Å². The number of imide groups is 1. The number of carbonyl (C=O) groups is 3. The van der Waals surface area contributed by atoms with Crippen LogP contribution in [0, 0.1) is 11.8 Å². The molecule has 11 heteroatoms. The number of thiazole rings is 1. The van der Waals surface area contributed by atoms with E-state index in [1.807, 2.05) is 41.9 Å². The van der Waals surface area contributed by atoms with Gasteiger partial charge in [0.1, 0.15) is 5.75 Å². The molecule has 2 aromatic carbocycles. The molecule has 40 heavy (non-hydrogen) atoms. The van der Waals surface area contributed by atoms with Gasteiger partial charge in [-0.1, -0.05) is 30.0 Å². The molecule has 10 nitrogen and oxygen atoms in total. The van der Waals surface area contributed by atoms with Gasteiger partial charge in [-0.2, -0.15) is 0 Å². The fourth-order valence-electron chi connectivity index (χ4n) is 5.21. The van der Waals surface area contributed by atoms with Crippen molar-refractivity contribution in [2.24, 2.45) is 0 Å². The number of nitrogens with one attached hydrogen (secondary N) is 2. The van der Waals surface area contributed by atoms with Crippen LogP contribution in [0.3, 0.4) is 0 Å². The summed E-state index contributed by atoms with van der Waals surface area (Å²) in [6, 6.07) is 12.6. The van der Waals surface area contributed by atoms with Gasteiger partial charge in [0.25, 0.3) is 11.8 Å². The summed E-state index contributed by atoms with van der Waals surface area (Å²) in [5.41, 5.74) is 1.69. The Morgan fingerprint density at radius 1 is 1.07 bits per heavy atom. The summed E-state index contributed by atoms with van der Waals surface area (Å²) in [7, 11) is 1.54. The summed E-state index contributed by atoms with van der Waals surface area (Å²) in [5.74, 6) is 5.80. The predicted molar refractivity (Wildman–Crippen MR) is 150 cm³/mol. The van der Waals surface area contributed by atoms with E-state index in [0.29, 0.717) is 23.4 Å². The lowest BCUT2D eigenvalue weighted by atomic mass is 9.99. The summed E-state index contributed by atoms with van der Waals surface area (Å²) in [6.07, 6.45) is 1.84. The molecule has 2 saturated heterocycles. The number of piperazine rings is 1. The van der Waals surface area contributed by atoms with E-state index in [9.17, 15) is 14.4 Å². The summed E-state index contributed by atoms with van der Waals surface area (Å²) >= 11 is 1.67. The number of carbonyl (C=O) groups excluding carboxylic acids is 3. The van der Waals surface area contributed by atoms with Crippen molar-refractivity contribution in [2.75, 3.05) is 44.7 Å². The van der Waals surface area contributed by atoms with Gasteiger partial charge in [-0.15, -0.1) is 11.3 Å². The van der Waals surface area contributed by atoms with Crippen LogP contribution in [-0.4, -0.2) is 78.0 Å². The number of anilines is 1. The summed E-state index contributed by atoms with van der Waals surface area (Å²) in [6.45, 7) is 4.91. The van der Waals surface area contributed by atoms with Crippen molar-refractivity contribution in [1.29, 1.82) is 0 Å². The zero-order valence-electron chi connectivity index (χ0n) is 22.0. The zero-order chi connectivity index (χ0) is 27.7. The first-order chi connectivity index (χ1) is 19.4. The second kappa shape index (κ2) is 10.6. The van der Waals surface area contributed by atoms with E-state index in [2.05, 4.69) is 37.3 Å². The van der Waals surface area contributed by atoms with E-state index in [-0.39, 0.29) is 12.5 Å². The molecule has 0 bridgehead atoms. The quantitative estimate of drug-likeness (QED) is 0.354. The van der Waals surface area contributed by atoms with Gasteiger partial charge in [0.05, 0.1) is 13.7 Å². The number of nitrogens with zero attached hydrogens (tertiary/aromatic N) is 4. The number of ether oxygens (including phenoxy) is 1. The zero-order valence-corrected chi connectivity index (χ0v) is 22.8. The Labute approximate surface area is 235 Å². The molecule has 0 saturated carbocycles. The highest BCUT2D eigenvalue weighted by atomic mass is 32.1. The van der Waals surface area contributed by atoms with Gasteiger partial charge in [-0.05, 0) is 35.4 Å². The Hall–Kier alpha value is -4.40. The molecule has 4 heterocycles. The third kappa shape index (κ3) is 5.11. The van der Waals surface area contributed by atoms with Gasteiger partial charge < -0.3 is 19.9 Å². The lowest BCUT2D eigenvalue weighted by Gasteiger charge is -2.34. The minimum atomic E-state index is -1.55. The summed E-state index contributed by atoms with van der Waals surface area (Å²) in [5, 5.41) is 8.01. The summed E-state index contributed by atoms with van der Waals surface area (Å²) in [4.78, 5) is 48.8. The molecule has 6 rings (SSSR count). The lowest BCUT2D eigenvalue weighted by molar-refractivity contribution is -0.122. The van der Waals surface area contributed by atoms with E-state index in [0.717, 1.165) is 43.4 Å². The topological polar surface area (TPSA) is 107 Å². The van der Waals surface area contributed by atoms with E-state index in [4.69, 9.17) is 4.74 Å². The Morgan fingerprint density at radius 3 is 2.55 bits per heavy atom. The maximum atomic E-state index is 13.1. The average molecular weight is 557 g/mol. The molecule has 2 fully saturated rings. The third-order valence-corrected chi connectivity index (χ3v) is 8.24. The van der Waals surface area contributed by atoms with Crippen LogP contribution in [0.1, 0.15) is 27.0 Å². The number of rotatable bonds is 6. The van der Waals surface area contributed by atoms with Gasteiger partial charge in [0.15, 0.2) is 5.13 Å². The third-order valence-electron chi connectivity index (χ3n) is 7.41. The predicted octanol–water partition coefficient (Wildman–Crippen LogP) is 2.06. The molecule has 4 amide bonds. The second-order valence-corrected chi connectivity index (χ2v) is 10.9. The van der Waals surface area contributed by atoms with Crippen molar-refractivity contribution in [2.45, 2.75) is 18.6 Å². The van der Waals surface area contributed by atoms with Crippen LogP contribution in [0.4, 0.5) is 9.93 Å². The first kappa shape index (κ1) is 25.9. The minimum absolute atomic E-state index is 0.0710. The van der Waals surface area contributed by atoms with E-state index >= 15 is 0 Å².